The second-order valence-electron chi connectivity index (χ2n) is 34.3. The fourth-order valence-corrected chi connectivity index (χ4v) is 17.3. The van der Waals surface area contributed by atoms with Gasteiger partial charge in [0.2, 0.25) is 47.1 Å². The number of thioether (sulfide) groups is 2. The number of benzene rings is 4. The number of carbonyl (C=O) groups is 13. The highest BCUT2D eigenvalue weighted by Crippen LogP contribution is 2.49. The van der Waals surface area contributed by atoms with Crippen LogP contribution in [-0.2, 0) is 111 Å². The number of methoxy groups -OCH3 is 1. The molecule has 2 fully saturated rings. The quantitative estimate of drug-likeness (QED) is 0.00287. The van der Waals surface area contributed by atoms with Crippen molar-refractivity contribution in [3.63, 3.8) is 0 Å². The number of fused-ring (bicyclic) bond motifs is 2. The largest absolute Gasteiger partial charge is 0.542 e. The second-order valence-corrected chi connectivity index (χ2v) is 38.1. The number of hydrogen-bond donors (Lipinski definition) is 12. The SMILES string of the molecule is COc1ccc(COC(=O)C2=C(C[n+]3cc(NC(=O)NCCNC(=O)OC(C)(C)C)c(NC(c4ccccc4)(c4ccccc4)c4ccccc4)n3C)CS[C@@H]3[C@H](CC(=O)/C(=N\OC(C)(C)C(=O)OC(C)(C)C)c4nsc(N)n4)C(=O)N23)cc1.Cn1c(N)c(NC(=O)NCCN)c[n+]1CC1=C(C(=O)O)N2C(=O)[C@@H](CC(=O)/C(=N\OC(C)(C)C(=O)O)c3nsc(N)n3)[C@H]2SC1.O=C([O-])C(F)(F)F.O=C([O-])C(F)(F)F. The lowest BCUT2D eigenvalue weighted by Crippen LogP contribution is -2.62. The van der Waals surface area contributed by atoms with Crippen LogP contribution in [-0.4, -0.2) is 227 Å². The number of nitrogens with two attached hydrogens (primary N) is 4. The number of nitrogens with one attached hydrogen (secondary N) is 6. The van der Waals surface area contributed by atoms with Gasteiger partial charge in [0.15, 0.2) is 69.4 Å². The predicted molar refractivity (Wildman–Crippen MR) is 500 cm³/mol. The molecule has 0 unspecified atom stereocenters. The number of anilines is 6. The van der Waals surface area contributed by atoms with E-state index in [4.69, 9.17) is 71.4 Å². The number of carboxylic acids is 4. The van der Waals surface area contributed by atoms with E-state index in [0.717, 1.165) is 44.7 Å². The minimum atomic E-state index is -5.19. The molecular formula is C88H102F6N22O23S4. The Morgan fingerprint density at radius 3 is 1.38 bits per heavy atom. The highest BCUT2D eigenvalue weighted by molar-refractivity contribution is 8.00. The van der Waals surface area contributed by atoms with Crippen LogP contribution < -0.4 is 79.1 Å². The highest BCUT2D eigenvalue weighted by Gasteiger charge is 2.57. The Morgan fingerprint density at radius 2 is 0.972 bits per heavy atom. The number of esters is 2. The van der Waals surface area contributed by atoms with Gasteiger partial charge >= 0.3 is 54.4 Å². The summed E-state index contributed by atoms with van der Waals surface area (Å²) in [6, 6.07) is 35.6. The van der Waals surface area contributed by atoms with Crippen LogP contribution in [0.3, 0.4) is 0 Å². The number of aliphatic carboxylic acids is 4. The van der Waals surface area contributed by atoms with E-state index in [-0.39, 0.29) is 108 Å². The number of oxime groups is 2. The molecule has 8 aromatic rings. The summed E-state index contributed by atoms with van der Waals surface area (Å²) in [5.41, 5.74) is 20.8. The van der Waals surface area contributed by atoms with Gasteiger partial charge in [0, 0.05) is 84.7 Å². The number of ketones is 2. The van der Waals surface area contributed by atoms with E-state index in [0.29, 0.717) is 34.0 Å². The topological polar surface area (TPSA) is 641 Å². The number of rotatable bonds is 35. The molecule has 4 aliphatic heterocycles. The molecule has 4 aromatic carbocycles. The fourth-order valence-electron chi connectivity index (χ4n) is 13.7. The third-order valence-corrected chi connectivity index (χ3v) is 24.5. The zero-order valence-corrected chi connectivity index (χ0v) is 82.0. The van der Waals surface area contributed by atoms with Gasteiger partial charge in [0.25, 0.3) is 0 Å². The third-order valence-electron chi connectivity index (χ3n) is 20.7. The number of nitrogen functional groups attached to an aromatic ring is 3. The highest BCUT2D eigenvalue weighted by atomic mass is 32.2. The number of ether oxygens (including phenoxy) is 4. The number of alkyl carbamates (subject to hydrolysis) is 1. The number of carboxylic acid groups (broad SMARTS) is 4. The zero-order valence-electron chi connectivity index (χ0n) is 78.8. The molecule has 12 rings (SSSR count). The number of carbonyl (C=O) groups excluding carboxylic acids is 11. The summed E-state index contributed by atoms with van der Waals surface area (Å²) in [6.45, 7) is 16.2. The monoisotopic (exact) mass is 2080 g/mol. The van der Waals surface area contributed by atoms with Gasteiger partial charge in [-0.3, -0.25) is 39.6 Å². The van der Waals surface area contributed by atoms with Gasteiger partial charge in [-0.2, -0.15) is 45.1 Å². The van der Waals surface area contributed by atoms with Gasteiger partial charge in [0.1, 0.15) is 52.4 Å². The van der Waals surface area contributed by atoms with E-state index in [9.17, 15) is 89.3 Å². The minimum absolute atomic E-state index is 0.00185. The maximum Gasteiger partial charge on any atom is 0.430 e. The van der Waals surface area contributed by atoms with Crippen molar-refractivity contribution < 1.29 is 147 Å². The maximum atomic E-state index is 14.8. The predicted octanol–water partition coefficient (Wildman–Crippen LogP) is 4.95. The molecule has 8 heterocycles. The Labute approximate surface area is 827 Å². The summed E-state index contributed by atoms with van der Waals surface area (Å²) >= 11 is 4.23. The van der Waals surface area contributed by atoms with Crippen molar-refractivity contribution in [1.29, 1.82) is 0 Å². The van der Waals surface area contributed by atoms with Crippen LogP contribution in [0.1, 0.15) is 116 Å². The normalized spacial score (nSPS) is 15.9. The Kier molecular flexibility index (Phi) is 36.7. The van der Waals surface area contributed by atoms with E-state index in [2.05, 4.69) is 60.9 Å². The van der Waals surface area contributed by atoms with Gasteiger partial charge in [-0.15, -0.1) is 42.3 Å². The molecule has 0 aliphatic carbocycles. The van der Waals surface area contributed by atoms with Crippen molar-refractivity contribution in [1.82, 2.24) is 53.8 Å². The lowest BCUT2D eigenvalue weighted by Gasteiger charge is -2.49. The number of urea groups is 2. The first kappa shape index (κ1) is 112. The minimum Gasteiger partial charge on any atom is -0.542 e. The Balaban J connectivity index is 0.000000320. The number of Topliss-reactive ketones (excluding diaryl/α,β-unsaturated/α-hetero) is 2. The van der Waals surface area contributed by atoms with Crippen LogP contribution in [0.4, 0.5) is 74.0 Å². The first-order valence-electron chi connectivity index (χ1n) is 42.8. The first-order valence-corrected chi connectivity index (χ1v) is 46.4. The molecule has 143 heavy (non-hydrogen) atoms. The lowest BCUT2D eigenvalue weighted by atomic mass is 9.77. The number of alkyl halides is 6. The number of halogens is 6. The summed E-state index contributed by atoms with van der Waals surface area (Å²) in [5, 5.41) is 61.1. The van der Waals surface area contributed by atoms with Gasteiger partial charge in [-0.1, -0.05) is 113 Å². The molecule has 4 atom stereocenters. The van der Waals surface area contributed by atoms with Crippen molar-refractivity contribution >= 4 is 169 Å². The average Bonchev–Trinajstić information content (AvgIpc) is 1.30. The molecule has 7 amide bonds. The summed E-state index contributed by atoms with van der Waals surface area (Å²) < 4.78 is 100. The van der Waals surface area contributed by atoms with Gasteiger partial charge in [-0.25, -0.2) is 33.6 Å². The van der Waals surface area contributed by atoms with Crippen LogP contribution in [0, 0.1) is 11.8 Å². The zero-order chi connectivity index (χ0) is 106. The Hall–Kier alpha value is -15.0. The molecule has 0 saturated carbocycles. The van der Waals surface area contributed by atoms with Crippen LogP contribution in [0.25, 0.3) is 0 Å². The summed E-state index contributed by atoms with van der Waals surface area (Å²) in [4.78, 5) is 185. The smallest absolute Gasteiger partial charge is 0.430 e. The molecule has 45 nitrogen and oxygen atoms in total. The molecular weight excluding hydrogens is 1980 g/mol. The van der Waals surface area contributed by atoms with Gasteiger partial charge < -0.3 is 103 Å². The van der Waals surface area contributed by atoms with Crippen LogP contribution in [0.2, 0.25) is 0 Å². The number of nitrogens with zero attached hydrogens (tertiary/aromatic N) is 12. The lowest BCUT2D eigenvalue weighted by molar-refractivity contribution is -0.765. The number of amides is 7. The molecule has 0 bridgehead atoms. The maximum absolute atomic E-state index is 14.8. The van der Waals surface area contributed by atoms with Crippen LogP contribution in [0.15, 0.2) is 161 Å². The fraction of sp³-hybridized carbons (Fsp3) is 0.398. The van der Waals surface area contributed by atoms with E-state index in [1.54, 1.807) is 95.5 Å². The molecule has 16 N–H and O–H groups in total. The molecule has 4 aliphatic rings. The van der Waals surface area contributed by atoms with Gasteiger partial charge in [0.05, 0.1) is 43.8 Å². The van der Waals surface area contributed by atoms with E-state index in [1.165, 1.54) is 67.0 Å². The van der Waals surface area contributed by atoms with Gasteiger partial charge in [-0.05, 0) is 104 Å². The Morgan fingerprint density at radius 1 is 0.559 bits per heavy atom. The molecule has 0 spiro atoms. The summed E-state index contributed by atoms with van der Waals surface area (Å²) in [6.07, 6.45) is -8.55. The van der Waals surface area contributed by atoms with Crippen molar-refractivity contribution in [2.45, 2.75) is 153 Å². The van der Waals surface area contributed by atoms with Crippen molar-refractivity contribution in [2.24, 2.45) is 42.0 Å². The number of aromatic nitrogens is 8. The molecule has 2 saturated heterocycles. The summed E-state index contributed by atoms with van der Waals surface area (Å²) in [5.74, 6) is -13.3. The second kappa shape index (κ2) is 47.0. The van der Waals surface area contributed by atoms with Crippen molar-refractivity contribution in [3.05, 3.63) is 184 Å². The standard InChI is InChI=1S/C60H69N11O11S2.C24H31N11O8S2.2C2HF3O2/c1-57(2,3)80-53(75)59(7,8)82-67-46(48-65-54(61)84-68-48)45(72)32-43-50(73)71-47(52(74)79-35-37-26-28-42(78-10)29-27-37)38(36-83-51(43)71)33-70-34-44(64-55(76)62-30-31-63-56(77)81-58(4,5)6)49(69(70)9)66-60(39-20-14-11-15-21-39,40-22-16-12-17-23-40)41-24-18-13-19-25-41;1-24(2,21(40)41)43-31-14(17-30-22(27)45-32-17)13(36)6-11-18(37)35-15(20(38)39)10(9-44-19(11)35)7-34-8-12(16(26)33(34)3)29-23(42)28-5-4-25;2*3-2(4,5)1(6)7/h11-29,34,43,51H,30-33,35-36H2,1-10H3,(H5,61,62,63,64,65,68,76,77);8,11,19,26H,4-7,9,25H2,1-3H3,(H6,27,28,29,30,32,38,39,40,41,42);2*(H,6,7)/b67-46+;31-14+;;/t43-,51-;11-,19-;;/m11../s1. The van der Waals surface area contributed by atoms with E-state index in [1.807, 2.05) is 103 Å². The third kappa shape index (κ3) is 28.9. The molecule has 4 aromatic heterocycles. The first-order chi connectivity index (χ1) is 66.9. The van der Waals surface area contributed by atoms with E-state index < -0.39 is 159 Å². The van der Waals surface area contributed by atoms with Crippen LogP contribution >= 0.6 is 46.6 Å². The Bertz CT molecular complexity index is 6060. The number of hydrogen-bond acceptors (Lipinski definition) is 36. The molecule has 768 valence electrons. The van der Waals surface area contributed by atoms with Crippen molar-refractivity contribution in [3.8, 4) is 5.75 Å². The average molecular weight is 2080 g/mol. The molecule has 0 radical (unpaired) electrons. The van der Waals surface area contributed by atoms with Crippen LogP contribution in [0.5, 0.6) is 5.75 Å². The summed E-state index contributed by atoms with van der Waals surface area (Å²) in [7, 11) is 4.98. The number of β-lactam (4-membered cyclic amide) rings is 2. The molecule has 55 heteroatoms. The van der Waals surface area contributed by atoms with Crippen molar-refractivity contribution in [2.75, 3.05) is 77.9 Å². The van der Waals surface area contributed by atoms with E-state index >= 15 is 0 Å².